The zero-order chi connectivity index (χ0) is 18.2. The highest BCUT2D eigenvalue weighted by Crippen LogP contribution is 2.27. The lowest BCUT2D eigenvalue weighted by Gasteiger charge is -2.08. The Morgan fingerprint density at radius 3 is 2.80 bits per heavy atom. The van der Waals surface area contributed by atoms with Crippen molar-refractivity contribution in [3.05, 3.63) is 30.1 Å². The molecule has 2 rings (SSSR count). The van der Waals surface area contributed by atoms with Crippen LogP contribution >= 0.6 is 23.1 Å². The van der Waals surface area contributed by atoms with E-state index >= 15 is 0 Å². The van der Waals surface area contributed by atoms with Crippen LogP contribution < -0.4 is 16.0 Å². The third-order valence-corrected chi connectivity index (χ3v) is 4.68. The number of nitrogens with one attached hydrogen (secondary N) is 3. The van der Waals surface area contributed by atoms with E-state index in [4.69, 9.17) is 0 Å². The van der Waals surface area contributed by atoms with E-state index in [9.17, 15) is 14.0 Å². The second-order valence-electron chi connectivity index (χ2n) is 5.30. The fraction of sp³-hybridized carbons (Fsp3) is 0.333. The lowest BCUT2D eigenvalue weighted by Crippen LogP contribution is -2.40. The quantitative estimate of drug-likeness (QED) is 0.605. The van der Waals surface area contributed by atoms with Gasteiger partial charge in [-0.3, -0.25) is 9.59 Å². The largest absolute Gasteiger partial charge is 0.352 e. The van der Waals surface area contributed by atoms with Crippen molar-refractivity contribution in [2.75, 3.05) is 17.6 Å². The molecule has 0 spiro atoms. The van der Waals surface area contributed by atoms with Crippen molar-refractivity contribution in [2.45, 2.75) is 24.2 Å². The number of aromatic nitrogens is 2. The van der Waals surface area contributed by atoms with Gasteiger partial charge in [0.1, 0.15) is 5.82 Å². The van der Waals surface area contributed by atoms with Crippen molar-refractivity contribution in [3.8, 4) is 0 Å². The zero-order valence-electron chi connectivity index (χ0n) is 13.7. The Hall–Kier alpha value is -2.20. The van der Waals surface area contributed by atoms with Gasteiger partial charge in [0.15, 0.2) is 4.34 Å². The predicted octanol–water partition coefficient (Wildman–Crippen LogP) is 2.15. The summed E-state index contributed by atoms with van der Waals surface area (Å²) in [5, 5.41) is 16.6. The molecule has 0 unspecified atom stereocenters. The van der Waals surface area contributed by atoms with Crippen LogP contribution in [0, 0.1) is 5.82 Å². The molecular formula is C15H18FN5O2S2. The van der Waals surface area contributed by atoms with Gasteiger partial charge in [-0.25, -0.2) is 4.39 Å². The lowest BCUT2D eigenvalue weighted by molar-refractivity contribution is -0.125. The first kappa shape index (κ1) is 19.1. The maximum Gasteiger partial charge on any atom is 0.239 e. The van der Waals surface area contributed by atoms with Gasteiger partial charge in [0.2, 0.25) is 16.9 Å². The van der Waals surface area contributed by atoms with Crippen LogP contribution in [0.3, 0.4) is 0 Å². The van der Waals surface area contributed by atoms with Crippen molar-refractivity contribution in [2.24, 2.45) is 0 Å². The fourth-order valence-corrected chi connectivity index (χ4v) is 3.34. The first-order chi connectivity index (χ1) is 11.9. The Morgan fingerprint density at radius 2 is 2.08 bits per heavy atom. The number of halogens is 1. The number of carbonyl (C=O) groups is 2. The molecular weight excluding hydrogens is 365 g/mol. The molecule has 2 amide bonds. The van der Waals surface area contributed by atoms with Crippen LogP contribution in [0.2, 0.25) is 0 Å². The minimum Gasteiger partial charge on any atom is -0.352 e. The number of thioether (sulfide) groups is 1. The third-order valence-electron chi connectivity index (χ3n) is 2.70. The van der Waals surface area contributed by atoms with E-state index in [-0.39, 0.29) is 36.0 Å². The Kier molecular flexibility index (Phi) is 7.14. The van der Waals surface area contributed by atoms with Gasteiger partial charge in [-0.2, -0.15) is 0 Å². The molecule has 0 fully saturated rings. The van der Waals surface area contributed by atoms with Gasteiger partial charge in [0.05, 0.1) is 12.3 Å². The number of hydrogen-bond donors (Lipinski definition) is 3. The number of nitrogens with zero attached hydrogens (tertiary/aromatic N) is 2. The van der Waals surface area contributed by atoms with E-state index in [1.165, 1.54) is 35.2 Å². The lowest BCUT2D eigenvalue weighted by atomic mass is 10.3. The molecule has 7 nitrogen and oxygen atoms in total. The van der Waals surface area contributed by atoms with Gasteiger partial charge in [-0.05, 0) is 32.0 Å². The summed E-state index contributed by atoms with van der Waals surface area (Å²) in [4.78, 5) is 23.2. The summed E-state index contributed by atoms with van der Waals surface area (Å²) in [6.07, 6.45) is 0. The van der Waals surface area contributed by atoms with Gasteiger partial charge in [-0.15, -0.1) is 10.2 Å². The van der Waals surface area contributed by atoms with Crippen LogP contribution in [-0.4, -0.2) is 40.4 Å². The van der Waals surface area contributed by atoms with E-state index in [2.05, 4.69) is 26.1 Å². The van der Waals surface area contributed by atoms with E-state index in [0.717, 1.165) is 0 Å². The SMILES string of the molecule is CC(C)NC(=O)CNC(=O)CSc1nnc(Nc2cccc(F)c2)s1. The Labute approximate surface area is 152 Å². The van der Waals surface area contributed by atoms with Crippen LogP contribution in [0.1, 0.15) is 13.8 Å². The van der Waals surface area contributed by atoms with Crippen LogP contribution in [0.5, 0.6) is 0 Å². The minimum atomic E-state index is -0.345. The first-order valence-corrected chi connectivity index (χ1v) is 9.27. The van der Waals surface area contributed by atoms with Crippen molar-refractivity contribution < 1.29 is 14.0 Å². The second-order valence-corrected chi connectivity index (χ2v) is 7.50. The molecule has 0 aliphatic carbocycles. The molecule has 25 heavy (non-hydrogen) atoms. The number of amides is 2. The number of rotatable bonds is 8. The molecule has 0 saturated heterocycles. The Bertz CT molecular complexity index is 738. The molecule has 0 saturated carbocycles. The molecule has 0 atom stereocenters. The summed E-state index contributed by atoms with van der Waals surface area (Å²) in [5.74, 6) is -0.712. The topological polar surface area (TPSA) is 96.0 Å². The maximum atomic E-state index is 13.1. The highest BCUT2D eigenvalue weighted by molar-refractivity contribution is 8.01. The number of benzene rings is 1. The molecule has 134 valence electrons. The molecule has 0 aliphatic rings. The van der Waals surface area contributed by atoms with E-state index < -0.39 is 0 Å². The van der Waals surface area contributed by atoms with Crippen LogP contribution in [0.15, 0.2) is 28.6 Å². The standard InChI is InChI=1S/C15H18FN5O2S2/c1-9(2)18-12(22)7-17-13(23)8-24-15-21-20-14(25-15)19-11-5-3-4-10(16)6-11/h3-6,9H,7-8H2,1-2H3,(H,17,23)(H,18,22)(H,19,20). The van der Waals surface area contributed by atoms with Gasteiger partial charge in [0, 0.05) is 11.7 Å². The van der Waals surface area contributed by atoms with Crippen LogP contribution in [-0.2, 0) is 9.59 Å². The van der Waals surface area contributed by atoms with Gasteiger partial charge >= 0.3 is 0 Å². The van der Waals surface area contributed by atoms with E-state index in [1.807, 2.05) is 13.8 Å². The average Bonchev–Trinajstić information content (AvgIpc) is 2.98. The summed E-state index contributed by atoms with van der Waals surface area (Å²) < 4.78 is 13.7. The van der Waals surface area contributed by atoms with Crippen molar-refractivity contribution in [3.63, 3.8) is 0 Å². The molecule has 0 bridgehead atoms. The number of hydrogen-bond acceptors (Lipinski definition) is 7. The van der Waals surface area contributed by atoms with Crippen molar-refractivity contribution in [1.82, 2.24) is 20.8 Å². The molecule has 1 aromatic heterocycles. The zero-order valence-corrected chi connectivity index (χ0v) is 15.3. The number of carbonyl (C=O) groups excluding carboxylic acids is 2. The normalized spacial score (nSPS) is 10.6. The van der Waals surface area contributed by atoms with Crippen molar-refractivity contribution in [1.29, 1.82) is 0 Å². The van der Waals surface area contributed by atoms with Crippen molar-refractivity contribution >= 4 is 45.7 Å². The summed E-state index contributed by atoms with van der Waals surface area (Å²) in [6.45, 7) is 3.64. The monoisotopic (exact) mass is 383 g/mol. The summed E-state index contributed by atoms with van der Waals surface area (Å²) in [5.41, 5.74) is 0.571. The summed E-state index contributed by atoms with van der Waals surface area (Å²) >= 11 is 2.47. The molecule has 3 N–H and O–H groups in total. The molecule has 0 radical (unpaired) electrons. The molecule has 1 aromatic carbocycles. The second kappa shape index (κ2) is 9.33. The highest BCUT2D eigenvalue weighted by Gasteiger charge is 2.10. The van der Waals surface area contributed by atoms with Gasteiger partial charge in [-0.1, -0.05) is 29.2 Å². The minimum absolute atomic E-state index is 0.0316. The number of anilines is 2. The summed E-state index contributed by atoms with van der Waals surface area (Å²) in [7, 11) is 0. The third kappa shape index (κ3) is 7.06. The van der Waals surface area contributed by atoms with Crippen LogP contribution in [0.4, 0.5) is 15.2 Å². The fourth-order valence-electron chi connectivity index (χ4n) is 1.74. The Morgan fingerprint density at radius 1 is 1.28 bits per heavy atom. The molecule has 0 aliphatic heterocycles. The maximum absolute atomic E-state index is 13.1. The average molecular weight is 383 g/mol. The smallest absolute Gasteiger partial charge is 0.239 e. The van der Waals surface area contributed by atoms with Gasteiger partial charge < -0.3 is 16.0 Å². The molecule has 1 heterocycles. The Balaban J connectivity index is 1.75. The molecule has 2 aromatic rings. The van der Waals surface area contributed by atoms with Crippen LogP contribution in [0.25, 0.3) is 0 Å². The van der Waals surface area contributed by atoms with Gasteiger partial charge in [0.25, 0.3) is 0 Å². The van der Waals surface area contributed by atoms with E-state index in [1.54, 1.807) is 12.1 Å². The van der Waals surface area contributed by atoms with E-state index in [0.29, 0.717) is 15.2 Å². The molecule has 10 heteroatoms. The predicted molar refractivity (Wildman–Crippen MR) is 96.6 cm³/mol. The highest BCUT2D eigenvalue weighted by atomic mass is 32.2. The summed E-state index contributed by atoms with van der Waals surface area (Å²) in [6, 6.07) is 6.04. The first-order valence-electron chi connectivity index (χ1n) is 7.47.